The number of rotatable bonds is 5. The van der Waals surface area contributed by atoms with E-state index in [-0.39, 0.29) is 5.41 Å². The van der Waals surface area contributed by atoms with E-state index in [0.29, 0.717) is 0 Å². The van der Waals surface area contributed by atoms with Crippen LogP contribution in [0.25, 0.3) is 0 Å². The zero-order valence-corrected chi connectivity index (χ0v) is 12.7. The van der Waals surface area contributed by atoms with Gasteiger partial charge in [0.25, 0.3) is 0 Å². The first-order valence-electron chi connectivity index (χ1n) is 5.18. The van der Waals surface area contributed by atoms with Gasteiger partial charge in [-0.2, -0.15) is 5.10 Å². The molecule has 15 heavy (non-hydrogen) atoms. The number of aryl methyl sites for hydroxylation is 2. The summed E-state index contributed by atoms with van der Waals surface area (Å²) in [5.74, 6) is 0. The molecule has 0 unspecified atom stereocenters. The molecule has 1 aromatic heterocycles. The SMILES string of the molecule is CCc1cc(CC(C)(CBr)CBr)n(C)n1. The smallest absolute Gasteiger partial charge is 0.0624 e. The Balaban J connectivity index is 2.83. The molecule has 1 aromatic rings. The van der Waals surface area contributed by atoms with Crippen molar-refractivity contribution in [2.45, 2.75) is 26.7 Å². The lowest BCUT2D eigenvalue weighted by Crippen LogP contribution is -2.24. The van der Waals surface area contributed by atoms with Crippen LogP contribution in [0.2, 0.25) is 0 Å². The molecule has 0 aliphatic carbocycles. The normalized spacial score (nSPS) is 12.1. The van der Waals surface area contributed by atoms with Crippen molar-refractivity contribution in [1.82, 2.24) is 9.78 Å². The predicted octanol–water partition coefficient (Wildman–Crippen LogP) is 3.32. The minimum Gasteiger partial charge on any atom is -0.272 e. The molecular weight excluding hydrogens is 320 g/mol. The molecule has 0 atom stereocenters. The molecule has 0 fully saturated rings. The third kappa shape index (κ3) is 3.31. The molecule has 0 aliphatic rings. The van der Waals surface area contributed by atoms with Crippen LogP contribution in [-0.2, 0) is 19.9 Å². The number of aromatic nitrogens is 2. The highest BCUT2D eigenvalue weighted by Crippen LogP contribution is 2.27. The van der Waals surface area contributed by atoms with Gasteiger partial charge < -0.3 is 0 Å². The van der Waals surface area contributed by atoms with Crippen LogP contribution >= 0.6 is 31.9 Å². The maximum Gasteiger partial charge on any atom is 0.0624 e. The summed E-state index contributed by atoms with van der Waals surface area (Å²) in [6, 6.07) is 2.21. The fraction of sp³-hybridized carbons (Fsp3) is 0.727. The highest BCUT2D eigenvalue weighted by molar-refractivity contribution is 9.09. The van der Waals surface area contributed by atoms with Crippen molar-refractivity contribution < 1.29 is 0 Å². The van der Waals surface area contributed by atoms with Crippen LogP contribution in [0.15, 0.2) is 6.07 Å². The third-order valence-electron chi connectivity index (χ3n) is 2.64. The molecule has 0 saturated heterocycles. The van der Waals surface area contributed by atoms with Crippen molar-refractivity contribution in [2.75, 3.05) is 10.7 Å². The number of hydrogen-bond acceptors (Lipinski definition) is 1. The van der Waals surface area contributed by atoms with Crippen LogP contribution in [0, 0.1) is 5.41 Å². The lowest BCUT2D eigenvalue weighted by Gasteiger charge is -2.24. The van der Waals surface area contributed by atoms with E-state index in [2.05, 4.69) is 56.9 Å². The molecule has 0 N–H and O–H groups in total. The van der Waals surface area contributed by atoms with E-state index < -0.39 is 0 Å². The molecule has 1 heterocycles. The maximum atomic E-state index is 4.47. The highest BCUT2D eigenvalue weighted by Gasteiger charge is 2.23. The first kappa shape index (κ1) is 13.2. The van der Waals surface area contributed by atoms with Gasteiger partial charge in [0.2, 0.25) is 0 Å². The van der Waals surface area contributed by atoms with Gasteiger partial charge in [-0.15, -0.1) is 0 Å². The summed E-state index contributed by atoms with van der Waals surface area (Å²) in [6.45, 7) is 4.41. The molecule has 1 rings (SSSR count). The topological polar surface area (TPSA) is 17.8 Å². The summed E-state index contributed by atoms with van der Waals surface area (Å²) in [7, 11) is 2.03. The van der Waals surface area contributed by atoms with Crippen molar-refractivity contribution >= 4 is 31.9 Å². The maximum absolute atomic E-state index is 4.47. The van der Waals surface area contributed by atoms with Gasteiger partial charge in [-0.1, -0.05) is 45.7 Å². The minimum atomic E-state index is 0.263. The summed E-state index contributed by atoms with van der Waals surface area (Å²) < 4.78 is 2.00. The van der Waals surface area contributed by atoms with E-state index >= 15 is 0 Å². The summed E-state index contributed by atoms with van der Waals surface area (Å²) in [6.07, 6.45) is 2.06. The Morgan fingerprint density at radius 1 is 1.40 bits per heavy atom. The molecule has 0 aliphatic heterocycles. The minimum absolute atomic E-state index is 0.263. The Labute approximate surface area is 109 Å². The van der Waals surface area contributed by atoms with Crippen LogP contribution < -0.4 is 0 Å². The van der Waals surface area contributed by atoms with Gasteiger partial charge in [0, 0.05) is 23.4 Å². The molecule has 0 saturated carbocycles. The van der Waals surface area contributed by atoms with Gasteiger partial charge in [0.05, 0.1) is 5.69 Å². The summed E-state index contributed by atoms with van der Waals surface area (Å²) in [4.78, 5) is 0. The van der Waals surface area contributed by atoms with E-state index in [4.69, 9.17) is 0 Å². The van der Waals surface area contributed by atoms with Crippen LogP contribution in [-0.4, -0.2) is 20.4 Å². The predicted molar refractivity (Wildman–Crippen MR) is 72.0 cm³/mol. The summed E-state index contributed by atoms with van der Waals surface area (Å²) in [5.41, 5.74) is 2.76. The molecule has 2 nitrogen and oxygen atoms in total. The third-order valence-corrected chi connectivity index (χ3v) is 5.35. The van der Waals surface area contributed by atoms with Crippen molar-refractivity contribution in [2.24, 2.45) is 12.5 Å². The molecular formula is C11H18Br2N2. The first-order chi connectivity index (χ1) is 7.04. The van der Waals surface area contributed by atoms with E-state index in [9.17, 15) is 0 Å². The van der Waals surface area contributed by atoms with Gasteiger partial charge in [-0.05, 0) is 24.3 Å². The number of alkyl halides is 2. The van der Waals surface area contributed by atoms with E-state index in [1.807, 2.05) is 11.7 Å². The fourth-order valence-electron chi connectivity index (χ4n) is 1.48. The van der Waals surface area contributed by atoms with Crippen LogP contribution in [0.5, 0.6) is 0 Å². The molecule has 4 heteroatoms. The number of hydrogen-bond donors (Lipinski definition) is 0. The van der Waals surface area contributed by atoms with E-state index in [1.165, 1.54) is 11.4 Å². The second kappa shape index (κ2) is 5.48. The van der Waals surface area contributed by atoms with Crippen molar-refractivity contribution in [3.05, 3.63) is 17.5 Å². The van der Waals surface area contributed by atoms with E-state index in [0.717, 1.165) is 23.5 Å². The second-order valence-electron chi connectivity index (χ2n) is 4.36. The number of nitrogens with zero attached hydrogens (tertiary/aromatic N) is 2. The molecule has 0 amide bonds. The summed E-state index contributed by atoms with van der Waals surface area (Å²) >= 11 is 7.16. The Bertz CT molecular complexity index is 316. The molecule has 0 bridgehead atoms. The second-order valence-corrected chi connectivity index (χ2v) is 5.48. The molecule has 0 spiro atoms. The molecule has 86 valence electrons. The Hall–Kier alpha value is 0.170. The first-order valence-corrected chi connectivity index (χ1v) is 7.42. The van der Waals surface area contributed by atoms with Crippen LogP contribution in [0.1, 0.15) is 25.2 Å². The van der Waals surface area contributed by atoms with Crippen LogP contribution in [0.3, 0.4) is 0 Å². The standard InChI is InChI=1S/C11H18Br2N2/c1-4-9-5-10(15(3)14-9)6-11(2,7-12)8-13/h5H,4,6-8H2,1-3H3. The van der Waals surface area contributed by atoms with Crippen molar-refractivity contribution in [3.63, 3.8) is 0 Å². The summed E-state index contributed by atoms with van der Waals surface area (Å²) in [5, 5.41) is 6.46. The Morgan fingerprint density at radius 2 is 2.00 bits per heavy atom. The zero-order valence-electron chi connectivity index (χ0n) is 9.56. The lowest BCUT2D eigenvalue weighted by molar-refractivity contribution is 0.423. The fourth-order valence-corrected chi connectivity index (χ4v) is 2.80. The van der Waals surface area contributed by atoms with Gasteiger partial charge in [0.15, 0.2) is 0 Å². The van der Waals surface area contributed by atoms with Crippen molar-refractivity contribution in [1.29, 1.82) is 0 Å². The van der Waals surface area contributed by atoms with Crippen molar-refractivity contribution in [3.8, 4) is 0 Å². The van der Waals surface area contributed by atoms with Gasteiger partial charge >= 0.3 is 0 Å². The average Bonchev–Trinajstić information content (AvgIpc) is 2.59. The van der Waals surface area contributed by atoms with Crippen LogP contribution in [0.4, 0.5) is 0 Å². The highest BCUT2D eigenvalue weighted by atomic mass is 79.9. The molecule has 0 radical (unpaired) electrons. The quantitative estimate of drug-likeness (QED) is 0.753. The average molecular weight is 338 g/mol. The monoisotopic (exact) mass is 336 g/mol. The van der Waals surface area contributed by atoms with E-state index in [1.54, 1.807) is 0 Å². The van der Waals surface area contributed by atoms with Gasteiger partial charge in [0.1, 0.15) is 0 Å². The Morgan fingerprint density at radius 3 is 2.40 bits per heavy atom. The lowest BCUT2D eigenvalue weighted by atomic mass is 9.90. The largest absolute Gasteiger partial charge is 0.272 e. The Kier molecular flexibility index (Phi) is 4.84. The van der Waals surface area contributed by atoms with Gasteiger partial charge in [-0.25, -0.2) is 0 Å². The van der Waals surface area contributed by atoms with Gasteiger partial charge in [-0.3, -0.25) is 4.68 Å². The number of halogens is 2. The molecule has 0 aromatic carbocycles. The zero-order chi connectivity index (χ0) is 11.5.